The van der Waals surface area contributed by atoms with Crippen molar-refractivity contribution in [3.05, 3.63) is 59.0 Å². The summed E-state index contributed by atoms with van der Waals surface area (Å²) in [6, 6.07) is 3.06. The van der Waals surface area contributed by atoms with Gasteiger partial charge in [0.15, 0.2) is 0 Å². The predicted octanol–water partition coefficient (Wildman–Crippen LogP) is 2.45. The van der Waals surface area contributed by atoms with Crippen molar-refractivity contribution in [1.29, 1.82) is 0 Å². The van der Waals surface area contributed by atoms with E-state index in [9.17, 15) is 22.8 Å². The molecule has 0 bridgehead atoms. The number of carboxylic acid groups (broad SMARTS) is 1. The SMILES string of the molecule is O=C(O)c1ccc(NC(=O)c2c(F)cc(F)cc2F)nc1. The van der Waals surface area contributed by atoms with Crippen LogP contribution in [0.1, 0.15) is 20.7 Å². The number of aromatic nitrogens is 1. The molecule has 1 aromatic heterocycles. The van der Waals surface area contributed by atoms with E-state index in [1.807, 2.05) is 0 Å². The molecule has 1 amide bonds. The average Bonchev–Trinajstić information content (AvgIpc) is 2.37. The fraction of sp³-hybridized carbons (Fsp3) is 0. The molecular weight excluding hydrogens is 289 g/mol. The smallest absolute Gasteiger partial charge is 0.337 e. The Hall–Kier alpha value is -2.90. The topological polar surface area (TPSA) is 79.3 Å². The van der Waals surface area contributed by atoms with Crippen molar-refractivity contribution in [2.24, 2.45) is 0 Å². The van der Waals surface area contributed by atoms with Crippen molar-refractivity contribution in [3.63, 3.8) is 0 Å². The molecule has 0 saturated heterocycles. The van der Waals surface area contributed by atoms with Gasteiger partial charge in [0.25, 0.3) is 5.91 Å². The minimum absolute atomic E-state index is 0.104. The molecule has 0 aliphatic rings. The van der Waals surface area contributed by atoms with Crippen molar-refractivity contribution < 1.29 is 27.9 Å². The van der Waals surface area contributed by atoms with Crippen LogP contribution >= 0.6 is 0 Å². The summed E-state index contributed by atoms with van der Waals surface area (Å²) in [5.74, 6) is -6.34. The zero-order chi connectivity index (χ0) is 15.6. The first-order chi connectivity index (χ1) is 9.88. The minimum Gasteiger partial charge on any atom is -0.478 e. The largest absolute Gasteiger partial charge is 0.478 e. The van der Waals surface area contributed by atoms with Crippen LogP contribution in [0.25, 0.3) is 0 Å². The molecule has 0 aliphatic carbocycles. The number of aromatic carboxylic acids is 1. The lowest BCUT2D eigenvalue weighted by Gasteiger charge is -2.06. The molecule has 2 rings (SSSR count). The Morgan fingerprint density at radius 1 is 1.10 bits per heavy atom. The number of pyridine rings is 1. The molecule has 108 valence electrons. The molecule has 21 heavy (non-hydrogen) atoms. The summed E-state index contributed by atoms with van der Waals surface area (Å²) in [5, 5.41) is 10.8. The van der Waals surface area contributed by atoms with Crippen molar-refractivity contribution in [1.82, 2.24) is 4.98 Å². The van der Waals surface area contributed by atoms with Crippen LogP contribution in [0.5, 0.6) is 0 Å². The van der Waals surface area contributed by atoms with Gasteiger partial charge in [-0.2, -0.15) is 0 Å². The summed E-state index contributed by atoms with van der Waals surface area (Å²) >= 11 is 0. The van der Waals surface area contributed by atoms with Gasteiger partial charge in [-0.05, 0) is 12.1 Å². The molecule has 0 spiro atoms. The molecule has 0 radical (unpaired) electrons. The van der Waals surface area contributed by atoms with Gasteiger partial charge in [0, 0.05) is 18.3 Å². The number of carbonyl (C=O) groups excluding carboxylic acids is 1. The van der Waals surface area contributed by atoms with Gasteiger partial charge in [-0.15, -0.1) is 0 Å². The van der Waals surface area contributed by atoms with E-state index in [1.165, 1.54) is 0 Å². The molecule has 8 heteroatoms. The highest BCUT2D eigenvalue weighted by molar-refractivity contribution is 6.04. The monoisotopic (exact) mass is 296 g/mol. The first kappa shape index (κ1) is 14.5. The summed E-state index contributed by atoms with van der Waals surface area (Å²) < 4.78 is 39.5. The summed E-state index contributed by atoms with van der Waals surface area (Å²) in [5.41, 5.74) is -1.08. The van der Waals surface area contributed by atoms with E-state index in [1.54, 1.807) is 0 Å². The lowest BCUT2D eigenvalue weighted by molar-refractivity contribution is 0.0696. The highest BCUT2D eigenvalue weighted by Gasteiger charge is 2.19. The van der Waals surface area contributed by atoms with Gasteiger partial charge in [-0.3, -0.25) is 4.79 Å². The number of benzene rings is 1. The number of nitrogens with one attached hydrogen (secondary N) is 1. The van der Waals surface area contributed by atoms with Gasteiger partial charge in [-0.25, -0.2) is 22.9 Å². The van der Waals surface area contributed by atoms with Crippen LogP contribution in [-0.4, -0.2) is 22.0 Å². The highest BCUT2D eigenvalue weighted by atomic mass is 19.1. The Balaban J connectivity index is 2.24. The zero-order valence-electron chi connectivity index (χ0n) is 10.2. The fourth-order valence-corrected chi connectivity index (χ4v) is 1.53. The molecule has 0 atom stereocenters. The summed E-state index contributed by atoms with van der Waals surface area (Å²) in [6.07, 6.45) is 0.968. The van der Waals surface area contributed by atoms with Gasteiger partial charge in [-0.1, -0.05) is 0 Å². The first-order valence-corrected chi connectivity index (χ1v) is 5.53. The molecular formula is C13H7F3N2O3. The lowest BCUT2D eigenvalue weighted by atomic mass is 10.1. The third-order valence-corrected chi connectivity index (χ3v) is 2.49. The Bertz CT molecular complexity index is 694. The molecule has 1 heterocycles. The molecule has 0 aliphatic heterocycles. The van der Waals surface area contributed by atoms with E-state index < -0.39 is 34.9 Å². The highest BCUT2D eigenvalue weighted by Crippen LogP contribution is 2.16. The number of nitrogens with zero attached hydrogens (tertiary/aromatic N) is 1. The fourth-order valence-electron chi connectivity index (χ4n) is 1.53. The number of carbonyl (C=O) groups is 2. The Morgan fingerprint density at radius 3 is 2.19 bits per heavy atom. The number of hydrogen-bond donors (Lipinski definition) is 2. The second-order valence-electron chi connectivity index (χ2n) is 3.94. The van der Waals surface area contributed by atoms with Crippen LogP contribution in [0, 0.1) is 17.5 Å². The van der Waals surface area contributed by atoms with Crippen molar-refractivity contribution in [3.8, 4) is 0 Å². The number of amides is 1. The van der Waals surface area contributed by atoms with Crippen LogP contribution in [0.2, 0.25) is 0 Å². The van der Waals surface area contributed by atoms with E-state index in [-0.39, 0.29) is 11.4 Å². The maximum Gasteiger partial charge on any atom is 0.337 e. The third-order valence-electron chi connectivity index (χ3n) is 2.49. The summed E-state index contributed by atoms with van der Waals surface area (Å²) in [6.45, 7) is 0. The first-order valence-electron chi connectivity index (χ1n) is 5.53. The van der Waals surface area contributed by atoms with E-state index in [4.69, 9.17) is 5.11 Å². The molecule has 1 aromatic carbocycles. The molecule has 5 nitrogen and oxygen atoms in total. The number of rotatable bonds is 3. The minimum atomic E-state index is -1.35. The maximum absolute atomic E-state index is 13.4. The van der Waals surface area contributed by atoms with Crippen LogP contribution in [0.3, 0.4) is 0 Å². The van der Waals surface area contributed by atoms with Gasteiger partial charge < -0.3 is 10.4 Å². The molecule has 0 unspecified atom stereocenters. The van der Waals surface area contributed by atoms with Crippen LogP contribution in [0.15, 0.2) is 30.5 Å². The standard InChI is InChI=1S/C13H7F3N2O3/c14-7-3-8(15)11(9(16)4-7)12(19)18-10-2-1-6(5-17-10)13(20)21/h1-5H,(H,20,21)(H,17,18,19). The Labute approximate surface area is 116 Å². The quantitative estimate of drug-likeness (QED) is 0.911. The second-order valence-corrected chi connectivity index (χ2v) is 3.94. The van der Waals surface area contributed by atoms with Crippen LogP contribution in [-0.2, 0) is 0 Å². The van der Waals surface area contributed by atoms with Crippen molar-refractivity contribution in [2.75, 3.05) is 5.32 Å². The normalized spacial score (nSPS) is 10.2. The second kappa shape index (κ2) is 5.61. The number of carboxylic acids is 1. The van der Waals surface area contributed by atoms with Crippen LogP contribution < -0.4 is 5.32 Å². The van der Waals surface area contributed by atoms with Gasteiger partial charge in [0.05, 0.1) is 5.56 Å². The van der Waals surface area contributed by atoms with Gasteiger partial charge in [0.2, 0.25) is 0 Å². The summed E-state index contributed by atoms with van der Waals surface area (Å²) in [7, 11) is 0. The number of halogens is 3. The number of hydrogen-bond acceptors (Lipinski definition) is 3. The molecule has 2 aromatic rings. The van der Waals surface area contributed by atoms with Crippen molar-refractivity contribution >= 4 is 17.7 Å². The molecule has 0 saturated carbocycles. The molecule has 0 fully saturated rings. The van der Waals surface area contributed by atoms with Crippen LogP contribution in [0.4, 0.5) is 19.0 Å². The lowest BCUT2D eigenvalue weighted by Crippen LogP contribution is -2.17. The van der Waals surface area contributed by atoms with Crippen molar-refractivity contribution in [2.45, 2.75) is 0 Å². The average molecular weight is 296 g/mol. The third kappa shape index (κ3) is 3.16. The van der Waals surface area contributed by atoms with E-state index in [0.29, 0.717) is 12.1 Å². The number of anilines is 1. The molecule has 2 N–H and O–H groups in total. The van der Waals surface area contributed by atoms with E-state index in [0.717, 1.165) is 18.3 Å². The van der Waals surface area contributed by atoms with Gasteiger partial charge in [0.1, 0.15) is 28.8 Å². The zero-order valence-corrected chi connectivity index (χ0v) is 10.2. The summed E-state index contributed by atoms with van der Waals surface area (Å²) in [4.78, 5) is 25.9. The van der Waals surface area contributed by atoms with Gasteiger partial charge >= 0.3 is 5.97 Å². The maximum atomic E-state index is 13.4. The van der Waals surface area contributed by atoms with E-state index in [2.05, 4.69) is 10.3 Å². The Morgan fingerprint density at radius 2 is 1.71 bits per heavy atom. The Kier molecular flexibility index (Phi) is 3.88. The van der Waals surface area contributed by atoms with E-state index >= 15 is 0 Å². The predicted molar refractivity (Wildman–Crippen MR) is 65.5 cm³/mol.